The van der Waals surface area contributed by atoms with Crippen LogP contribution in [0.25, 0.3) is 11.1 Å². The lowest BCUT2D eigenvalue weighted by Crippen LogP contribution is -2.59. The molecule has 6 rings (SSSR count). The predicted molar refractivity (Wildman–Crippen MR) is 279 cm³/mol. The Morgan fingerprint density at radius 3 is 1.38 bits per heavy atom. The molecular weight excluding hydrogens is 927 g/mol. The van der Waals surface area contributed by atoms with Crippen molar-refractivity contribution in [2.24, 2.45) is 5.92 Å². The molecule has 0 saturated heterocycles. The van der Waals surface area contributed by atoms with E-state index < -0.39 is 77.6 Å². The molecule has 4 atom stereocenters. The van der Waals surface area contributed by atoms with Crippen molar-refractivity contribution in [3.05, 3.63) is 155 Å². The number of carbonyl (C=O) groups excluding carboxylic acids is 5. The summed E-state index contributed by atoms with van der Waals surface area (Å²) in [5.74, 6) is -3.20. The Balaban J connectivity index is 1.19. The first kappa shape index (κ1) is 54.6. The van der Waals surface area contributed by atoms with Crippen LogP contribution in [0.4, 0.5) is 4.79 Å². The molecule has 0 aromatic heterocycles. The van der Waals surface area contributed by atoms with E-state index in [1.807, 2.05) is 104 Å². The van der Waals surface area contributed by atoms with Crippen molar-refractivity contribution in [2.45, 2.75) is 122 Å². The Bertz CT molecular complexity index is 2650. The largest absolute Gasteiger partial charge is 0.488 e. The number of rotatable bonds is 22. The Hall–Kier alpha value is -7.68. The fourth-order valence-electron chi connectivity index (χ4n) is 8.60. The lowest BCUT2D eigenvalue weighted by molar-refractivity contribution is -0.142. The number of amides is 5. The number of alkyl carbamates (subject to hydrolysis) is 1. The molecule has 5 aromatic carbocycles. The number of carbonyl (C=O) groups is 6. The van der Waals surface area contributed by atoms with Gasteiger partial charge < -0.3 is 45.9 Å². The zero-order valence-corrected chi connectivity index (χ0v) is 43.0. The number of hydrogen-bond acceptors (Lipinski definition) is 9. The highest BCUT2D eigenvalue weighted by molar-refractivity contribution is 5.95. The van der Waals surface area contributed by atoms with Gasteiger partial charge in [0.15, 0.2) is 0 Å². The van der Waals surface area contributed by atoms with Gasteiger partial charge in [0, 0.05) is 25.2 Å². The SMILES string of the molecule is CC(C)C[C@H](NC(=O)CNC(=O)OCC1c2ccccc2-c2ccccc21)C(=O)N[C@@H](Cc1ccc(OC(C)(C)C)cc1)C(=O)N[C@@H](Cc1ccc(OC(C)(C)C)cc1)C(=O)N[C@@H](Cc1ccccc1)C(=O)O. The molecule has 0 heterocycles. The molecule has 6 N–H and O–H groups in total. The van der Waals surface area contributed by atoms with E-state index in [-0.39, 0.29) is 44.1 Å². The van der Waals surface area contributed by atoms with E-state index in [9.17, 15) is 33.9 Å². The second-order valence-electron chi connectivity index (χ2n) is 20.8. The van der Waals surface area contributed by atoms with Crippen LogP contribution in [0.3, 0.4) is 0 Å². The third kappa shape index (κ3) is 16.7. The fourth-order valence-corrected chi connectivity index (χ4v) is 8.60. The topological polar surface area (TPSA) is 210 Å². The van der Waals surface area contributed by atoms with E-state index in [0.29, 0.717) is 28.2 Å². The van der Waals surface area contributed by atoms with Gasteiger partial charge in [-0.25, -0.2) is 9.59 Å². The summed E-state index contributed by atoms with van der Waals surface area (Å²) >= 11 is 0. The summed E-state index contributed by atoms with van der Waals surface area (Å²) in [6.45, 7) is 14.8. The van der Waals surface area contributed by atoms with E-state index in [0.717, 1.165) is 22.3 Å². The van der Waals surface area contributed by atoms with Crippen LogP contribution in [0.15, 0.2) is 127 Å². The highest BCUT2D eigenvalue weighted by Gasteiger charge is 2.33. The first-order valence-corrected chi connectivity index (χ1v) is 24.7. The summed E-state index contributed by atoms with van der Waals surface area (Å²) in [6, 6.07) is 33.7. The van der Waals surface area contributed by atoms with Crippen LogP contribution in [-0.4, -0.2) is 89.3 Å². The van der Waals surface area contributed by atoms with E-state index in [1.165, 1.54) is 0 Å². The van der Waals surface area contributed by atoms with Crippen LogP contribution in [0.5, 0.6) is 11.5 Å². The lowest BCUT2D eigenvalue weighted by Gasteiger charge is -2.27. The number of benzene rings is 5. The smallest absolute Gasteiger partial charge is 0.407 e. The minimum absolute atomic E-state index is 0.0147. The quantitative estimate of drug-likeness (QED) is 0.0398. The van der Waals surface area contributed by atoms with Gasteiger partial charge in [0.25, 0.3) is 0 Å². The number of nitrogens with one attached hydrogen (secondary N) is 5. The zero-order chi connectivity index (χ0) is 52.9. The predicted octanol–water partition coefficient (Wildman–Crippen LogP) is 7.68. The fraction of sp³-hybridized carbons (Fsp3) is 0.379. The van der Waals surface area contributed by atoms with E-state index in [2.05, 4.69) is 26.6 Å². The van der Waals surface area contributed by atoms with Crippen molar-refractivity contribution in [2.75, 3.05) is 13.2 Å². The zero-order valence-electron chi connectivity index (χ0n) is 43.0. The first-order chi connectivity index (χ1) is 34.6. The maximum Gasteiger partial charge on any atom is 0.407 e. The number of carboxylic acids is 1. The second-order valence-corrected chi connectivity index (χ2v) is 20.8. The maximum atomic E-state index is 14.7. The number of carboxylic acid groups (broad SMARTS) is 1. The molecule has 1 aliphatic rings. The number of hydrogen-bond donors (Lipinski definition) is 6. The van der Waals surface area contributed by atoms with Crippen molar-refractivity contribution < 1.29 is 48.1 Å². The highest BCUT2D eigenvalue weighted by atomic mass is 16.5. The molecule has 1 aliphatic carbocycles. The van der Waals surface area contributed by atoms with E-state index in [1.54, 1.807) is 78.9 Å². The van der Waals surface area contributed by atoms with Crippen molar-refractivity contribution in [1.29, 1.82) is 0 Å². The molecule has 5 amide bonds. The highest BCUT2D eigenvalue weighted by Crippen LogP contribution is 2.44. The normalized spacial score (nSPS) is 13.8. The summed E-state index contributed by atoms with van der Waals surface area (Å²) in [7, 11) is 0. The molecular formula is C58H69N5O10. The van der Waals surface area contributed by atoms with Gasteiger partial charge in [-0.15, -0.1) is 0 Å². The van der Waals surface area contributed by atoms with Crippen LogP contribution >= 0.6 is 0 Å². The third-order valence-electron chi connectivity index (χ3n) is 11.8. The molecule has 15 heteroatoms. The summed E-state index contributed by atoms with van der Waals surface area (Å²) in [5.41, 5.74) is 5.24. The first-order valence-electron chi connectivity index (χ1n) is 24.7. The summed E-state index contributed by atoms with van der Waals surface area (Å²) in [5, 5.41) is 23.8. The van der Waals surface area contributed by atoms with Crippen molar-refractivity contribution in [3.63, 3.8) is 0 Å². The molecule has 5 aromatic rings. The van der Waals surface area contributed by atoms with Gasteiger partial charge in [0.1, 0.15) is 60.0 Å². The van der Waals surface area contributed by atoms with Gasteiger partial charge in [-0.1, -0.05) is 117 Å². The standard InChI is InChI=1S/C58H69N5O10/c1-36(2)30-47(60-51(64)34-59-56(70)71-35-46-44-20-14-12-18-42(44)43-19-13-15-21-45(43)46)52(65)61-48(31-38-22-26-40(27-23-38)72-57(3,4)5)53(66)62-49(32-39-24-28-41(29-25-39)73-58(6,7)8)54(67)63-50(55(68)69)33-37-16-10-9-11-17-37/h9-29,36,46-50H,30-35H2,1-8H3,(H,59,70)(H,60,64)(H,61,65)(H,62,66)(H,63,67)(H,68,69)/t47-,48-,49-,50-/m0/s1. The maximum absolute atomic E-state index is 14.7. The minimum Gasteiger partial charge on any atom is -0.488 e. The third-order valence-corrected chi connectivity index (χ3v) is 11.8. The Labute approximate surface area is 428 Å². The van der Waals surface area contributed by atoms with Crippen molar-refractivity contribution in [1.82, 2.24) is 26.6 Å². The van der Waals surface area contributed by atoms with Gasteiger partial charge in [-0.3, -0.25) is 19.2 Å². The number of aliphatic carboxylic acids is 1. The van der Waals surface area contributed by atoms with Gasteiger partial charge in [0.2, 0.25) is 23.6 Å². The van der Waals surface area contributed by atoms with E-state index >= 15 is 0 Å². The van der Waals surface area contributed by atoms with Crippen LogP contribution in [-0.2, 0) is 48.0 Å². The summed E-state index contributed by atoms with van der Waals surface area (Å²) in [4.78, 5) is 82.3. The Kier molecular flexibility index (Phi) is 18.4. The van der Waals surface area contributed by atoms with Gasteiger partial charge in [-0.05, 0) is 117 Å². The molecule has 0 bridgehead atoms. The van der Waals surface area contributed by atoms with Crippen molar-refractivity contribution >= 4 is 35.7 Å². The number of fused-ring (bicyclic) bond motifs is 3. The molecule has 0 saturated carbocycles. The average molecular weight is 996 g/mol. The summed E-state index contributed by atoms with van der Waals surface area (Å²) < 4.78 is 17.6. The molecule has 0 radical (unpaired) electrons. The van der Waals surface area contributed by atoms with Gasteiger partial charge >= 0.3 is 12.1 Å². The van der Waals surface area contributed by atoms with Crippen molar-refractivity contribution in [3.8, 4) is 22.6 Å². The van der Waals surface area contributed by atoms with Crippen LogP contribution in [0.1, 0.15) is 95.5 Å². The number of ether oxygens (including phenoxy) is 3. The van der Waals surface area contributed by atoms with Gasteiger partial charge in [-0.2, -0.15) is 0 Å². The summed E-state index contributed by atoms with van der Waals surface area (Å²) in [6.07, 6.45) is -0.738. The molecule has 0 aliphatic heterocycles. The molecule has 73 heavy (non-hydrogen) atoms. The Morgan fingerprint density at radius 2 is 0.932 bits per heavy atom. The van der Waals surface area contributed by atoms with Gasteiger partial charge in [0.05, 0.1) is 0 Å². The molecule has 386 valence electrons. The second kappa shape index (κ2) is 24.6. The molecule has 0 fully saturated rings. The Morgan fingerprint density at radius 1 is 0.521 bits per heavy atom. The van der Waals surface area contributed by atoms with Crippen LogP contribution in [0, 0.1) is 5.92 Å². The van der Waals surface area contributed by atoms with Crippen LogP contribution in [0.2, 0.25) is 0 Å². The lowest BCUT2D eigenvalue weighted by atomic mass is 9.98. The van der Waals surface area contributed by atoms with Crippen LogP contribution < -0.4 is 36.1 Å². The molecule has 0 spiro atoms. The minimum atomic E-state index is -1.33. The van der Waals surface area contributed by atoms with E-state index in [4.69, 9.17) is 14.2 Å². The average Bonchev–Trinajstić information content (AvgIpc) is 3.65. The monoisotopic (exact) mass is 996 g/mol. The molecule has 0 unspecified atom stereocenters. The molecule has 15 nitrogen and oxygen atoms in total.